The highest BCUT2D eigenvalue weighted by Gasteiger charge is 2.20. The number of nitrogens with zero attached hydrogens (tertiary/aromatic N) is 3. The highest BCUT2D eigenvalue weighted by atomic mass is 32.1. The maximum absolute atomic E-state index is 12.4. The van der Waals surface area contributed by atoms with E-state index in [4.69, 9.17) is 0 Å². The van der Waals surface area contributed by atoms with E-state index in [1.54, 1.807) is 24.3 Å². The lowest BCUT2D eigenvalue weighted by Gasteiger charge is -2.17. The number of aryl methyl sites for hydroxylation is 1. The second kappa shape index (κ2) is 6.87. The van der Waals surface area contributed by atoms with E-state index in [9.17, 15) is 9.59 Å². The molecule has 0 atom stereocenters. The summed E-state index contributed by atoms with van der Waals surface area (Å²) in [6.45, 7) is 7.74. The summed E-state index contributed by atoms with van der Waals surface area (Å²) < 4.78 is 1.46. The van der Waals surface area contributed by atoms with Crippen molar-refractivity contribution in [2.24, 2.45) is 5.41 Å². The molecule has 0 aliphatic rings. The highest BCUT2D eigenvalue weighted by molar-refractivity contribution is 7.13. The fourth-order valence-corrected chi connectivity index (χ4v) is 3.19. The third-order valence-corrected chi connectivity index (χ3v) is 4.39. The second-order valence-corrected chi connectivity index (χ2v) is 8.25. The van der Waals surface area contributed by atoms with Crippen molar-refractivity contribution < 1.29 is 4.79 Å². The number of aromatic amines is 1. The zero-order valence-corrected chi connectivity index (χ0v) is 16.0. The highest BCUT2D eigenvalue weighted by Crippen LogP contribution is 2.28. The molecular formula is C18H21N5O2S. The van der Waals surface area contributed by atoms with Crippen molar-refractivity contribution in [3.8, 4) is 16.5 Å². The second-order valence-electron chi connectivity index (χ2n) is 7.30. The number of carbonyl (C=O) groups excluding carboxylic acids is 1. The zero-order chi connectivity index (χ0) is 18.9. The number of nitrogens with one attached hydrogen (secondary N) is 2. The summed E-state index contributed by atoms with van der Waals surface area (Å²) in [6, 6.07) is 7.08. The van der Waals surface area contributed by atoms with Gasteiger partial charge in [0, 0.05) is 24.2 Å². The van der Waals surface area contributed by atoms with Crippen molar-refractivity contribution in [2.45, 2.75) is 34.1 Å². The van der Waals surface area contributed by atoms with Crippen LogP contribution < -0.4 is 10.9 Å². The molecule has 1 amide bonds. The molecule has 26 heavy (non-hydrogen) atoms. The van der Waals surface area contributed by atoms with Gasteiger partial charge in [-0.2, -0.15) is 9.78 Å². The Balaban J connectivity index is 2.03. The van der Waals surface area contributed by atoms with E-state index in [0.717, 1.165) is 4.88 Å². The molecule has 7 nitrogen and oxygen atoms in total. The summed E-state index contributed by atoms with van der Waals surface area (Å²) in [6.07, 6.45) is 0.365. The molecule has 0 radical (unpaired) electrons. The summed E-state index contributed by atoms with van der Waals surface area (Å²) in [7, 11) is 0. The number of carbonyl (C=O) groups is 1. The van der Waals surface area contributed by atoms with Crippen LogP contribution in [0.5, 0.6) is 0 Å². The third kappa shape index (κ3) is 4.26. The van der Waals surface area contributed by atoms with Gasteiger partial charge in [0.15, 0.2) is 0 Å². The lowest BCUT2D eigenvalue weighted by Crippen LogP contribution is -2.22. The molecule has 136 valence electrons. The summed E-state index contributed by atoms with van der Waals surface area (Å²) in [5.41, 5.74) is 0.869. The van der Waals surface area contributed by atoms with Crippen LogP contribution >= 0.6 is 11.3 Å². The Labute approximate surface area is 155 Å². The fraction of sp³-hybridized carbons (Fsp3) is 0.333. The van der Waals surface area contributed by atoms with E-state index >= 15 is 0 Å². The third-order valence-electron chi connectivity index (χ3n) is 3.50. The van der Waals surface area contributed by atoms with E-state index < -0.39 is 0 Å². The Morgan fingerprint density at radius 2 is 2.12 bits per heavy atom. The largest absolute Gasteiger partial charge is 0.310 e. The van der Waals surface area contributed by atoms with Gasteiger partial charge in [-0.25, -0.2) is 4.98 Å². The molecule has 2 N–H and O–H groups in total. The zero-order valence-electron chi connectivity index (χ0n) is 15.2. The van der Waals surface area contributed by atoms with Crippen molar-refractivity contribution >= 4 is 23.1 Å². The summed E-state index contributed by atoms with van der Waals surface area (Å²) >= 11 is 1.55. The Hall–Kier alpha value is -2.74. The number of amides is 1. The van der Waals surface area contributed by atoms with Gasteiger partial charge in [0.1, 0.15) is 11.5 Å². The van der Waals surface area contributed by atoms with Crippen molar-refractivity contribution in [2.75, 3.05) is 5.32 Å². The van der Waals surface area contributed by atoms with Gasteiger partial charge in [-0.05, 0) is 23.8 Å². The van der Waals surface area contributed by atoms with Gasteiger partial charge in [-0.1, -0.05) is 26.8 Å². The first kappa shape index (κ1) is 18.1. The minimum atomic E-state index is -0.271. The summed E-state index contributed by atoms with van der Waals surface area (Å²) in [5, 5.41) is 9.38. The van der Waals surface area contributed by atoms with Crippen LogP contribution in [0.4, 0.5) is 5.82 Å². The number of aromatic nitrogens is 4. The first-order chi connectivity index (χ1) is 12.2. The van der Waals surface area contributed by atoms with Crippen LogP contribution in [0, 0.1) is 12.3 Å². The van der Waals surface area contributed by atoms with Crippen molar-refractivity contribution in [1.29, 1.82) is 0 Å². The summed E-state index contributed by atoms with van der Waals surface area (Å²) in [5.74, 6) is 0.617. The lowest BCUT2D eigenvalue weighted by molar-refractivity contribution is -0.117. The van der Waals surface area contributed by atoms with Gasteiger partial charge in [-0.15, -0.1) is 11.3 Å². The maximum atomic E-state index is 12.4. The van der Waals surface area contributed by atoms with Gasteiger partial charge < -0.3 is 5.32 Å². The molecular weight excluding hydrogens is 350 g/mol. The number of anilines is 1. The minimum absolute atomic E-state index is 0.119. The molecule has 0 aliphatic carbocycles. The van der Waals surface area contributed by atoms with Crippen LogP contribution in [-0.2, 0) is 4.79 Å². The van der Waals surface area contributed by atoms with Gasteiger partial charge in [0.2, 0.25) is 11.9 Å². The smallest absolute Gasteiger partial charge is 0.252 e. The average Bonchev–Trinajstić information content (AvgIpc) is 3.12. The molecule has 0 aliphatic heterocycles. The van der Waals surface area contributed by atoms with Crippen molar-refractivity contribution in [3.05, 3.63) is 45.7 Å². The fourth-order valence-electron chi connectivity index (χ4n) is 2.51. The Kier molecular flexibility index (Phi) is 4.78. The first-order valence-corrected chi connectivity index (χ1v) is 9.11. The maximum Gasteiger partial charge on any atom is 0.252 e. The lowest BCUT2D eigenvalue weighted by atomic mass is 9.92. The topological polar surface area (TPSA) is 92.7 Å². The number of hydrogen-bond donors (Lipinski definition) is 2. The van der Waals surface area contributed by atoms with Crippen LogP contribution in [0.25, 0.3) is 16.5 Å². The van der Waals surface area contributed by atoms with Crippen LogP contribution in [0.3, 0.4) is 0 Å². The standard InChI is InChI=1S/C18H21N5O2S/c1-11-8-15(24)21-17(19-11)23-14(20-16(25)10-18(2,3)4)9-12(22-23)13-6-5-7-26-13/h5-9H,10H2,1-4H3,(H,20,25)(H,19,21,24). The van der Waals surface area contributed by atoms with Crippen molar-refractivity contribution in [3.63, 3.8) is 0 Å². The van der Waals surface area contributed by atoms with Crippen molar-refractivity contribution in [1.82, 2.24) is 19.7 Å². The molecule has 0 aromatic carbocycles. The van der Waals surface area contributed by atoms with Gasteiger partial charge in [0.05, 0.1) is 4.88 Å². The van der Waals surface area contributed by atoms with E-state index in [1.165, 1.54) is 10.7 Å². The Morgan fingerprint density at radius 3 is 2.73 bits per heavy atom. The van der Waals surface area contributed by atoms with E-state index in [-0.39, 0.29) is 22.8 Å². The quantitative estimate of drug-likeness (QED) is 0.735. The van der Waals surface area contributed by atoms with Crippen LogP contribution in [0.2, 0.25) is 0 Å². The molecule has 8 heteroatoms. The number of rotatable bonds is 4. The minimum Gasteiger partial charge on any atom is -0.310 e. The molecule has 3 rings (SSSR count). The van der Waals surface area contributed by atoms with Crippen LogP contribution in [0.15, 0.2) is 34.4 Å². The number of thiophene rings is 1. The van der Waals surface area contributed by atoms with Gasteiger partial charge in [-0.3, -0.25) is 14.6 Å². The molecule has 3 heterocycles. The van der Waals surface area contributed by atoms with E-state index in [1.807, 2.05) is 38.3 Å². The Morgan fingerprint density at radius 1 is 1.35 bits per heavy atom. The van der Waals surface area contributed by atoms with E-state index in [0.29, 0.717) is 23.6 Å². The van der Waals surface area contributed by atoms with Crippen LogP contribution in [0.1, 0.15) is 32.9 Å². The molecule has 0 fully saturated rings. The molecule has 3 aromatic rings. The molecule has 0 saturated carbocycles. The normalized spacial score (nSPS) is 11.5. The summed E-state index contributed by atoms with van der Waals surface area (Å²) in [4.78, 5) is 32.2. The molecule has 0 spiro atoms. The van der Waals surface area contributed by atoms with Crippen LogP contribution in [-0.4, -0.2) is 25.7 Å². The number of hydrogen-bond acceptors (Lipinski definition) is 5. The monoisotopic (exact) mass is 371 g/mol. The molecule has 3 aromatic heterocycles. The molecule has 0 bridgehead atoms. The van der Waals surface area contributed by atoms with Gasteiger partial charge in [0.25, 0.3) is 5.56 Å². The van der Waals surface area contributed by atoms with E-state index in [2.05, 4.69) is 20.4 Å². The predicted molar refractivity (Wildman–Crippen MR) is 103 cm³/mol. The molecule has 0 unspecified atom stereocenters. The SMILES string of the molecule is Cc1cc(=O)[nH]c(-n2nc(-c3cccs3)cc2NC(=O)CC(C)(C)C)n1. The first-order valence-electron chi connectivity index (χ1n) is 8.23. The van der Waals surface area contributed by atoms with Gasteiger partial charge >= 0.3 is 0 Å². The predicted octanol–water partition coefficient (Wildman–Crippen LogP) is 3.37. The Bertz CT molecular complexity index is 980. The average molecular weight is 371 g/mol. The molecule has 0 saturated heterocycles. The number of H-pyrrole nitrogens is 1.